The first-order chi connectivity index (χ1) is 8.52. The number of anilines is 1. The van der Waals surface area contributed by atoms with E-state index >= 15 is 0 Å². The van der Waals surface area contributed by atoms with Crippen LogP contribution in [0.25, 0.3) is 0 Å². The Kier molecular flexibility index (Phi) is 3.82. The fourth-order valence-electron chi connectivity index (χ4n) is 2.12. The number of carbonyl (C=O) groups excluding carboxylic acids is 1. The minimum atomic E-state index is 0.235. The number of rotatable bonds is 2. The molecule has 1 fully saturated rings. The lowest BCUT2D eigenvalue weighted by Gasteiger charge is -2.38. The molecule has 98 valence electrons. The Morgan fingerprint density at radius 1 is 1.39 bits per heavy atom. The Morgan fingerprint density at radius 3 is 2.72 bits per heavy atom. The number of aldehydes is 1. The van der Waals surface area contributed by atoms with Crippen LogP contribution in [0.2, 0.25) is 5.15 Å². The predicted octanol–water partition coefficient (Wildman–Crippen LogP) is 1.39. The highest BCUT2D eigenvalue weighted by Gasteiger charge is 2.24. The molecule has 5 nitrogen and oxygen atoms in total. The molecule has 0 bridgehead atoms. The number of likely N-dealkylation sites (N-methyl/N-ethyl adjacent to an activating group) is 1. The molecule has 0 saturated carbocycles. The maximum atomic E-state index is 11.1. The van der Waals surface area contributed by atoms with Crippen molar-refractivity contribution in [3.8, 4) is 0 Å². The average Bonchev–Trinajstić information content (AvgIpc) is 2.32. The molecular weight excluding hydrogens is 252 g/mol. The maximum Gasteiger partial charge on any atom is 0.156 e. The zero-order chi connectivity index (χ0) is 13.3. The van der Waals surface area contributed by atoms with Gasteiger partial charge in [0.15, 0.2) is 6.29 Å². The second-order valence-corrected chi connectivity index (χ2v) is 5.05. The van der Waals surface area contributed by atoms with Crippen LogP contribution < -0.4 is 4.90 Å². The Labute approximate surface area is 112 Å². The van der Waals surface area contributed by atoms with Gasteiger partial charge in [0.25, 0.3) is 0 Å². The van der Waals surface area contributed by atoms with Gasteiger partial charge in [-0.05, 0) is 20.9 Å². The molecule has 1 atom stereocenters. The third kappa shape index (κ3) is 2.47. The molecule has 18 heavy (non-hydrogen) atoms. The van der Waals surface area contributed by atoms with Crippen molar-refractivity contribution < 1.29 is 4.79 Å². The number of carbonyl (C=O) groups is 1. The van der Waals surface area contributed by atoms with Crippen LogP contribution in [0.4, 0.5) is 5.82 Å². The van der Waals surface area contributed by atoms with Crippen LogP contribution in [0.5, 0.6) is 0 Å². The topological polar surface area (TPSA) is 49.3 Å². The minimum Gasteiger partial charge on any atom is -0.353 e. The van der Waals surface area contributed by atoms with E-state index in [1.165, 1.54) is 0 Å². The zero-order valence-corrected chi connectivity index (χ0v) is 11.6. The van der Waals surface area contributed by atoms with Crippen LogP contribution in [0.15, 0.2) is 0 Å². The van der Waals surface area contributed by atoms with E-state index < -0.39 is 0 Å². The van der Waals surface area contributed by atoms with Gasteiger partial charge in [0.05, 0.1) is 5.56 Å². The Hall–Kier alpha value is -1.20. The Morgan fingerprint density at radius 2 is 2.11 bits per heavy atom. The van der Waals surface area contributed by atoms with Crippen molar-refractivity contribution in [1.82, 2.24) is 14.9 Å². The standard InChI is InChI=1S/C12H17ClN4O/c1-8-6-17(5-4-16(8)3)12-10(7-18)11(13)14-9(2)15-12/h7-8H,4-6H2,1-3H3. The molecule has 0 N–H and O–H groups in total. The highest BCUT2D eigenvalue weighted by molar-refractivity contribution is 6.32. The molecule has 1 aromatic heterocycles. The quantitative estimate of drug-likeness (QED) is 0.599. The number of hydrogen-bond acceptors (Lipinski definition) is 5. The minimum absolute atomic E-state index is 0.235. The van der Waals surface area contributed by atoms with Crippen molar-refractivity contribution in [2.75, 3.05) is 31.6 Å². The Bertz CT molecular complexity index is 466. The molecular formula is C12H17ClN4O. The van der Waals surface area contributed by atoms with Crippen molar-refractivity contribution in [1.29, 1.82) is 0 Å². The summed E-state index contributed by atoms with van der Waals surface area (Å²) in [5.41, 5.74) is 0.388. The SMILES string of the molecule is Cc1nc(Cl)c(C=O)c(N2CCN(C)C(C)C2)n1. The Balaban J connectivity index is 2.35. The molecule has 0 spiro atoms. The fourth-order valence-corrected chi connectivity index (χ4v) is 2.37. The summed E-state index contributed by atoms with van der Waals surface area (Å²) in [5, 5.41) is 0.235. The summed E-state index contributed by atoms with van der Waals surface area (Å²) in [4.78, 5) is 23.9. The summed E-state index contributed by atoms with van der Waals surface area (Å²) >= 11 is 6.00. The third-order valence-electron chi connectivity index (χ3n) is 3.37. The lowest BCUT2D eigenvalue weighted by molar-refractivity contribution is 0.112. The van der Waals surface area contributed by atoms with Gasteiger partial charge in [-0.1, -0.05) is 11.6 Å². The molecule has 0 amide bonds. The summed E-state index contributed by atoms with van der Waals surface area (Å²) in [7, 11) is 2.10. The van der Waals surface area contributed by atoms with E-state index in [0.717, 1.165) is 25.9 Å². The van der Waals surface area contributed by atoms with Crippen LogP contribution in [0.3, 0.4) is 0 Å². The first kappa shape index (κ1) is 13.2. The lowest BCUT2D eigenvalue weighted by Crippen LogP contribution is -2.50. The highest BCUT2D eigenvalue weighted by atomic mass is 35.5. The van der Waals surface area contributed by atoms with E-state index in [9.17, 15) is 4.79 Å². The zero-order valence-electron chi connectivity index (χ0n) is 10.9. The number of halogens is 1. The molecule has 2 rings (SSSR count). The summed E-state index contributed by atoms with van der Waals surface area (Å²) in [5.74, 6) is 1.25. The number of nitrogens with zero attached hydrogens (tertiary/aromatic N) is 4. The van der Waals surface area contributed by atoms with Gasteiger partial charge in [0.2, 0.25) is 0 Å². The molecule has 1 aromatic rings. The van der Waals surface area contributed by atoms with Gasteiger partial charge in [-0.2, -0.15) is 0 Å². The van der Waals surface area contributed by atoms with Crippen molar-refractivity contribution in [2.45, 2.75) is 19.9 Å². The van der Waals surface area contributed by atoms with E-state index in [-0.39, 0.29) is 5.15 Å². The van der Waals surface area contributed by atoms with Crippen molar-refractivity contribution in [3.63, 3.8) is 0 Å². The smallest absolute Gasteiger partial charge is 0.156 e. The number of hydrogen-bond donors (Lipinski definition) is 0. The van der Waals surface area contributed by atoms with Crippen LogP contribution in [-0.4, -0.2) is 53.9 Å². The van der Waals surface area contributed by atoms with Crippen LogP contribution in [-0.2, 0) is 0 Å². The van der Waals surface area contributed by atoms with E-state index in [2.05, 4.69) is 33.7 Å². The highest BCUT2D eigenvalue weighted by Crippen LogP contribution is 2.24. The van der Waals surface area contributed by atoms with Crippen molar-refractivity contribution >= 4 is 23.7 Å². The normalized spacial score (nSPS) is 21.1. The first-order valence-electron chi connectivity index (χ1n) is 5.97. The molecule has 0 radical (unpaired) electrons. The number of aromatic nitrogens is 2. The van der Waals surface area contributed by atoms with E-state index in [0.29, 0.717) is 23.2 Å². The van der Waals surface area contributed by atoms with E-state index in [1.54, 1.807) is 6.92 Å². The average molecular weight is 269 g/mol. The summed E-state index contributed by atoms with van der Waals surface area (Å²) in [6.45, 7) is 6.56. The van der Waals surface area contributed by atoms with Crippen LogP contribution in [0.1, 0.15) is 23.1 Å². The van der Waals surface area contributed by atoms with Gasteiger partial charge in [-0.25, -0.2) is 9.97 Å². The second kappa shape index (κ2) is 5.20. The summed E-state index contributed by atoms with van der Waals surface area (Å²) in [6, 6.07) is 0.423. The van der Waals surface area contributed by atoms with Gasteiger partial charge in [0.1, 0.15) is 16.8 Å². The van der Waals surface area contributed by atoms with Crippen molar-refractivity contribution in [3.05, 3.63) is 16.5 Å². The van der Waals surface area contributed by atoms with Crippen LogP contribution >= 0.6 is 11.6 Å². The predicted molar refractivity (Wildman–Crippen MR) is 71.5 cm³/mol. The molecule has 0 aromatic carbocycles. The van der Waals surface area contributed by atoms with Gasteiger partial charge < -0.3 is 9.80 Å². The maximum absolute atomic E-state index is 11.1. The fraction of sp³-hybridized carbons (Fsp3) is 0.583. The first-order valence-corrected chi connectivity index (χ1v) is 6.35. The van der Waals surface area contributed by atoms with E-state index in [4.69, 9.17) is 11.6 Å². The number of aryl methyl sites for hydroxylation is 1. The molecule has 6 heteroatoms. The van der Waals surface area contributed by atoms with Gasteiger partial charge in [-0.15, -0.1) is 0 Å². The van der Waals surface area contributed by atoms with Crippen LogP contribution in [0, 0.1) is 6.92 Å². The number of piperazine rings is 1. The molecule has 1 saturated heterocycles. The molecule has 2 heterocycles. The van der Waals surface area contributed by atoms with Gasteiger partial charge in [-0.3, -0.25) is 4.79 Å². The van der Waals surface area contributed by atoms with E-state index in [1.807, 2.05) is 0 Å². The molecule has 0 aliphatic carbocycles. The largest absolute Gasteiger partial charge is 0.353 e. The third-order valence-corrected chi connectivity index (χ3v) is 3.66. The summed E-state index contributed by atoms with van der Waals surface area (Å²) < 4.78 is 0. The summed E-state index contributed by atoms with van der Waals surface area (Å²) in [6.07, 6.45) is 0.736. The van der Waals surface area contributed by atoms with Gasteiger partial charge >= 0.3 is 0 Å². The molecule has 1 unspecified atom stereocenters. The van der Waals surface area contributed by atoms with Gasteiger partial charge in [0, 0.05) is 25.7 Å². The monoisotopic (exact) mass is 268 g/mol. The second-order valence-electron chi connectivity index (χ2n) is 4.69. The molecule has 1 aliphatic rings. The lowest BCUT2D eigenvalue weighted by atomic mass is 10.2. The molecule has 1 aliphatic heterocycles. The van der Waals surface area contributed by atoms with Crippen molar-refractivity contribution in [2.24, 2.45) is 0 Å².